The number of methoxy groups -OCH3 is 1. The van der Waals surface area contributed by atoms with E-state index in [-0.39, 0.29) is 17.4 Å². The number of ether oxygens (including phenoxy) is 2. The predicted octanol–water partition coefficient (Wildman–Crippen LogP) is 2.12. The molecule has 0 fully saturated rings. The number of aromatic nitrogens is 2. The van der Waals surface area contributed by atoms with Crippen LogP contribution in [0.1, 0.15) is 29.8 Å². The van der Waals surface area contributed by atoms with Gasteiger partial charge in [-0.15, -0.1) is 11.3 Å². The van der Waals surface area contributed by atoms with Gasteiger partial charge >= 0.3 is 0 Å². The molecule has 0 radical (unpaired) electrons. The Morgan fingerprint density at radius 3 is 2.61 bits per heavy atom. The summed E-state index contributed by atoms with van der Waals surface area (Å²) in [6, 6.07) is 8.73. The van der Waals surface area contributed by atoms with Gasteiger partial charge in [-0.05, 0) is 49.8 Å². The van der Waals surface area contributed by atoms with Crippen LogP contribution in [-0.4, -0.2) is 29.0 Å². The van der Waals surface area contributed by atoms with Crippen LogP contribution in [0.3, 0.4) is 0 Å². The van der Waals surface area contributed by atoms with Gasteiger partial charge in [0.05, 0.1) is 22.4 Å². The molecule has 0 spiro atoms. The molecule has 3 aromatic rings. The van der Waals surface area contributed by atoms with Gasteiger partial charge in [-0.3, -0.25) is 14.6 Å². The Balaban J connectivity index is 1.95. The number of H-pyrrole nitrogens is 1. The zero-order valence-corrected chi connectivity index (χ0v) is 16.6. The lowest BCUT2D eigenvalue weighted by Crippen LogP contribution is -2.20. The Labute approximate surface area is 165 Å². The zero-order chi connectivity index (χ0) is 20.1. The van der Waals surface area contributed by atoms with Gasteiger partial charge in [-0.1, -0.05) is 6.07 Å². The van der Waals surface area contributed by atoms with Crippen LogP contribution >= 0.6 is 11.3 Å². The van der Waals surface area contributed by atoms with E-state index in [1.807, 2.05) is 32.0 Å². The molecule has 28 heavy (non-hydrogen) atoms. The van der Waals surface area contributed by atoms with Crippen LogP contribution in [0.2, 0.25) is 0 Å². The van der Waals surface area contributed by atoms with Crippen molar-refractivity contribution in [1.82, 2.24) is 9.97 Å². The molecule has 3 rings (SSSR count). The van der Waals surface area contributed by atoms with E-state index in [1.54, 1.807) is 37.7 Å². The lowest BCUT2D eigenvalue weighted by atomic mass is 10.2. The molecule has 144 valence electrons. The molecule has 0 atom stereocenters. The van der Waals surface area contributed by atoms with Crippen LogP contribution < -0.4 is 24.2 Å². The van der Waals surface area contributed by atoms with E-state index in [0.717, 1.165) is 5.56 Å². The Morgan fingerprint density at radius 2 is 1.93 bits per heavy atom. The van der Waals surface area contributed by atoms with Crippen LogP contribution in [-0.2, 0) is 0 Å². The minimum Gasteiger partial charge on any atom is -0.493 e. The predicted molar refractivity (Wildman–Crippen MR) is 110 cm³/mol. The summed E-state index contributed by atoms with van der Waals surface area (Å²) in [4.78, 5) is 31.1. The number of pyridine rings is 1. The fraction of sp³-hybridized carbons (Fsp3) is 0.190. The van der Waals surface area contributed by atoms with E-state index >= 15 is 0 Å². The molecule has 0 unspecified atom stereocenters. The molecule has 7 heteroatoms. The van der Waals surface area contributed by atoms with Gasteiger partial charge in [-0.25, -0.2) is 0 Å². The van der Waals surface area contributed by atoms with Gasteiger partial charge in [0.1, 0.15) is 0 Å². The Kier molecular flexibility index (Phi) is 6.06. The average Bonchev–Trinajstić information content (AvgIpc) is 3.02. The van der Waals surface area contributed by atoms with Gasteiger partial charge in [0.15, 0.2) is 17.3 Å². The molecule has 1 aromatic carbocycles. The van der Waals surface area contributed by atoms with Crippen LogP contribution in [0.15, 0.2) is 47.5 Å². The van der Waals surface area contributed by atoms with Crippen molar-refractivity contribution in [2.24, 2.45) is 0 Å². The highest BCUT2D eigenvalue weighted by Gasteiger charge is 2.07. The van der Waals surface area contributed by atoms with Crippen LogP contribution in [0, 0.1) is 0 Å². The molecule has 2 heterocycles. The van der Waals surface area contributed by atoms with E-state index in [9.17, 15) is 9.59 Å². The van der Waals surface area contributed by atoms with Crippen LogP contribution in [0.25, 0.3) is 12.2 Å². The van der Waals surface area contributed by atoms with Crippen LogP contribution in [0.5, 0.6) is 11.5 Å². The highest BCUT2D eigenvalue weighted by molar-refractivity contribution is 7.07. The summed E-state index contributed by atoms with van der Waals surface area (Å²) in [5.74, 6) is 1.05. The van der Waals surface area contributed by atoms with Crippen molar-refractivity contribution in [3.63, 3.8) is 0 Å². The Bertz CT molecular complexity index is 1150. The topological polar surface area (TPSA) is 81.3 Å². The molecular formula is C21H20N2O4S. The van der Waals surface area contributed by atoms with Gasteiger partial charge < -0.3 is 14.5 Å². The first-order valence-electron chi connectivity index (χ1n) is 8.68. The number of ketones is 1. The minimum absolute atomic E-state index is 0.0277. The first-order valence-corrected chi connectivity index (χ1v) is 9.49. The number of hydrogen-bond donors (Lipinski definition) is 1. The number of nitrogens with one attached hydrogen (secondary N) is 1. The van der Waals surface area contributed by atoms with E-state index < -0.39 is 0 Å². The van der Waals surface area contributed by atoms with E-state index in [0.29, 0.717) is 26.3 Å². The summed E-state index contributed by atoms with van der Waals surface area (Å²) in [6.07, 6.45) is 6.30. The third kappa shape index (κ3) is 4.75. The normalized spacial score (nSPS) is 12.4. The SMILES string of the molecule is COc1cc(/C=c2/s/c(=C\C(=O)c3ccncc3)[nH]c2=O)ccc1OC(C)C. The third-order valence-corrected chi connectivity index (χ3v) is 4.72. The van der Waals surface area contributed by atoms with Crippen molar-refractivity contribution in [3.8, 4) is 11.5 Å². The smallest absolute Gasteiger partial charge is 0.266 e. The minimum atomic E-state index is -0.250. The molecule has 0 aliphatic carbocycles. The highest BCUT2D eigenvalue weighted by atomic mass is 32.1. The first kappa shape index (κ1) is 19.6. The monoisotopic (exact) mass is 396 g/mol. The number of Topliss-reactive ketones (excluding diaryl/α,β-unsaturated/α-hetero) is 1. The lowest BCUT2D eigenvalue weighted by Gasteiger charge is -2.13. The molecule has 2 aromatic heterocycles. The molecule has 0 saturated carbocycles. The van der Waals surface area contributed by atoms with E-state index in [4.69, 9.17) is 9.47 Å². The number of hydrogen-bond acceptors (Lipinski definition) is 6. The summed E-state index contributed by atoms with van der Waals surface area (Å²) >= 11 is 1.22. The number of thiazole rings is 1. The number of nitrogens with zero attached hydrogens (tertiary/aromatic N) is 1. The van der Waals surface area contributed by atoms with Crippen molar-refractivity contribution in [1.29, 1.82) is 0 Å². The van der Waals surface area contributed by atoms with Gasteiger partial charge in [0.2, 0.25) is 0 Å². The molecule has 0 saturated heterocycles. The molecule has 0 aliphatic rings. The molecule has 0 amide bonds. The van der Waals surface area contributed by atoms with Crippen molar-refractivity contribution in [2.75, 3.05) is 7.11 Å². The van der Waals surface area contributed by atoms with Crippen LogP contribution in [0.4, 0.5) is 0 Å². The largest absolute Gasteiger partial charge is 0.493 e. The standard InChI is InChI=1S/C21H20N2O4S/c1-13(2)27-17-5-4-14(10-18(17)26-3)11-19-21(25)23-20(28-19)12-16(24)15-6-8-22-9-7-15/h4-13H,1-3H3,(H,23,25)/b19-11+,20-12-. The molecule has 0 bridgehead atoms. The summed E-state index contributed by atoms with van der Waals surface area (Å²) in [5.41, 5.74) is 1.06. The summed E-state index contributed by atoms with van der Waals surface area (Å²) in [6.45, 7) is 3.88. The fourth-order valence-corrected chi connectivity index (χ4v) is 3.40. The van der Waals surface area contributed by atoms with E-state index in [2.05, 4.69) is 9.97 Å². The van der Waals surface area contributed by atoms with E-state index in [1.165, 1.54) is 17.4 Å². The average molecular weight is 396 g/mol. The number of carbonyl (C=O) groups excluding carboxylic acids is 1. The third-order valence-electron chi connectivity index (χ3n) is 3.76. The van der Waals surface area contributed by atoms with Gasteiger partial charge in [0, 0.05) is 24.0 Å². The highest BCUT2D eigenvalue weighted by Crippen LogP contribution is 2.29. The quantitative estimate of drug-likeness (QED) is 0.646. The maximum Gasteiger partial charge on any atom is 0.266 e. The summed E-state index contributed by atoms with van der Waals surface area (Å²) < 4.78 is 12.1. The van der Waals surface area contributed by atoms with Crippen molar-refractivity contribution < 1.29 is 14.3 Å². The van der Waals surface area contributed by atoms with Gasteiger partial charge in [-0.2, -0.15) is 0 Å². The molecular weight excluding hydrogens is 376 g/mol. The number of carbonyl (C=O) groups is 1. The summed E-state index contributed by atoms with van der Waals surface area (Å²) in [5, 5.41) is 0. The van der Waals surface area contributed by atoms with Crippen molar-refractivity contribution in [2.45, 2.75) is 20.0 Å². The first-order chi connectivity index (χ1) is 13.5. The maximum absolute atomic E-state index is 12.3. The zero-order valence-electron chi connectivity index (χ0n) is 15.8. The van der Waals surface area contributed by atoms with Crippen molar-refractivity contribution in [3.05, 3.63) is 73.4 Å². The molecule has 6 nitrogen and oxygen atoms in total. The fourth-order valence-electron chi connectivity index (χ4n) is 2.52. The number of aromatic amines is 1. The Hall–Kier alpha value is -3.19. The van der Waals surface area contributed by atoms with Crippen molar-refractivity contribution >= 4 is 29.3 Å². The maximum atomic E-state index is 12.3. The summed E-state index contributed by atoms with van der Waals surface area (Å²) in [7, 11) is 1.57. The second kappa shape index (κ2) is 8.67. The lowest BCUT2D eigenvalue weighted by molar-refractivity contribution is 0.106. The molecule has 0 aliphatic heterocycles. The van der Waals surface area contributed by atoms with Gasteiger partial charge in [0.25, 0.3) is 5.56 Å². The second-order valence-electron chi connectivity index (χ2n) is 6.25. The second-order valence-corrected chi connectivity index (χ2v) is 7.33. The Morgan fingerprint density at radius 1 is 1.18 bits per heavy atom. The number of rotatable bonds is 6. The number of benzene rings is 1. The molecule has 1 N–H and O–H groups in total.